The molecule has 2 heterocycles. The lowest BCUT2D eigenvalue weighted by molar-refractivity contribution is -0.115. The third-order valence-electron chi connectivity index (χ3n) is 4.08. The number of carbonyl (C=O) groups is 2. The van der Waals surface area contributed by atoms with Gasteiger partial charge in [-0.25, -0.2) is 9.97 Å². The number of anilines is 2. The fraction of sp³-hybridized carbons (Fsp3) is 0.278. The highest BCUT2D eigenvalue weighted by atomic mass is 35.5. The topological polar surface area (TPSA) is 111 Å². The second kappa shape index (κ2) is 8.47. The standard InChI is InChI=1S/C18H17ClN6O2/c19-13-9-21-18(22-10-13)24-15-6-8-25(11-15)17(27)12-1-3-14(4-2-12)23-16(26)5-7-20/h1-4,9-10,15H,5-6,8,11H2,(H,23,26)(H,21,22,24). The van der Waals surface area contributed by atoms with E-state index in [4.69, 9.17) is 16.9 Å². The van der Waals surface area contributed by atoms with E-state index in [1.807, 2.05) is 0 Å². The van der Waals surface area contributed by atoms with Crippen molar-refractivity contribution in [2.24, 2.45) is 0 Å². The van der Waals surface area contributed by atoms with Gasteiger partial charge >= 0.3 is 0 Å². The predicted octanol–water partition coefficient (Wildman–Crippen LogP) is 2.31. The van der Waals surface area contributed by atoms with Crippen molar-refractivity contribution in [3.05, 3.63) is 47.2 Å². The summed E-state index contributed by atoms with van der Waals surface area (Å²) in [6, 6.07) is 8.47. The average Bonchev–Trinajstić information content (AvgIpc) is 3.12. The largest absolute Gasteiger partial charge is 0.350 e. The van der Waals surface area contributed by atoms with E-state index in [1.165, 1.54) is 12.4 Å². The second-order valence-electron chi connectivity index (χ2n) is 6.07. The highest BCUT2D eigenvalue weighted by Crippen LogP contribution is 2.18. The molecule has 2 N–H and O–H groups in total. The maximum absolute atomic E-state index is 12.6. The molecular weight excluding hydrogens is 368 g/mol. The van der Waals surface area contributed by atoms with E-state index in [2.05, 4.69) is 20.6 Å². The quantitative estimate of drug-likeness (QED) is 0.818. The van der Waals surface area contributed by atoms with Crippen molar-refractivity contribution in [2.75, 3.05) is 23.7 Å². The van der Waals surface area contributed by atoms with E-state index < -0.39 is 0 Å². The Hall–Kier alpha value is -3.18. The number of benzene rings is 1. The molecule has 2 amide bonds. The van der Waals surface area contributed by atoms with Crippen LogP contribution in [0.4, 0.5) is 11.6 Å². The first-order chi connectivity index (χ1) is 13.0. The number of carbonyl (C=O) groups excluding carboxylic acids is 2. The van der Waals surface area contributed by atoms with Crippen molar-refractivity contribution in [1.29, 1.82) is 5.26 Å². The van der Waals surface area contributed by atoms with Crippen LogP contribution >= 0.6 is 11.6 Å². The number of hydrogen-bond donors (Lipinski definition) is 2. The molecule has 0 bridgehead atoms. The molecule has 1 aliphatic rings. The van der Waals surface area contributed by atoms with Crippen LogP contribution in [0, 0.1) is 11.3 Å². The van der Waals surface area contributed by atoms with Crippen molar-refractivity contribution in [3.63, 3.8) is 0 Å². The van der Waals surface area contributed by atoms with E-state index >= 15 is 0 Å². The first-order valence-corrected chi connectivity index (χ1v) is 8.73. The van der Waals surface area contributed by atoms with Crippen LogP contribution < -0.4 is 10.6 Å². The predicted molar refractivity (Wildman–Crippen MR) is 100 cm³/mol. The van der Waals surface area contributed by atoms with E-state index in [1.54, 1.807) is 35.2 Å². The molecule has 9 heteroatoms. The van der Waals surface area contributed by atoms with Crippen molar-refractivity contribution < 1.29 is 9.59 Å². The lowest BCUT2D eigenvalue weighted by atomic mass is 10.2. The lowest BCUT2D eigenvalue weighted by Gasteiger charge is -2.17. The van der Waals surface area contributed by atoms with Gasteiger partial charge in [-0.05, 0) is 30.7 Å². The molecule has 1 unspecified atom stereocenters. The second-order valence-corrected chi connectivity index (χ2v) is 6.50. The number of likely N-dealkylation sites (tertiary alicyclic amines) is 1. The van der Waals surface area contributed by atoms with Gasteiger partial charge in [-0.2, -0.15) is 5.26 Å². The molecular formula is C18H17ClN6O2. The Balaban J connectivity index is 1.56. The molecule has 3 rings (SSSR count). The van der Waals surface area contributed by atoms with Crippen LogP contribution in [0.2, 0.25) is 5.02 Å². The van der Waals surface area contributed by atoms with Crippen LogP contribution in [0.25, 0.3) is 0 Å². The summed E-state index contributed by atoms with van der Waals surface area (Å²) in [7, 11) is 0. The zero-order chi connectivity index (χ0) is 19.2. The Labute approximate surface area is 161 Å². The van der Waals surface area contributed by atoms with Gasteiger partial charge in [0.05, 0.1) is 23.5 Å². The van der Waals surface area contributed by atoms with Gasteiger partial charge in [0.1, 0.15) is 6.42 Å². The third kappa shape index (κ3) is 4.92. The number of nitrogens with one attached hydrogen (secondary N) is 2. The van der Waals surface area contributed by atoms with Gasteiger partial charge in [0, 0.05) is 30.4 Å². The molecule has 1 aromatic heterocycles. The van der Waals surface area contributed by atoms with Gasteiger partial charge in [0.15, 0.2) is 0 Å². The molecule has 8 nitrogen and oxygen atoms in total. The van der Waals surface area contributed by atoms with E-state index in [-0.39, 0.29) is 24.3 Å². The molecule has 0 saturated carbocycles. The van der Waals surface area contributed by atoms with Gasteiger partial charge in [-0.1, -0.05) is 11.6 Å². The summed E-state index contributed by atoms with van der Waals surface area (Å²) in [4.78, 5) is 34.0. The van der Waals surface area contributed by atoms with Crippen LogP contribution in [-0.4, -0.2) is 45.8 Å². The van der Waals surface area contributed by atoms with Crippen LogP contribution in [0.5, 0.6) is 0 Å². The zero-order valence-corrected chi connectivity index (χ0v) is 15.1. The number of nitrogens with zero attached hydrogens (tertiary/aromatic N) is 4. The molecule has 1 aliphatic heterocycles. The molecule has 0 aliphatic carbocycles. The minimum Gasteiger partial charge on any atom is -0.350 e. The zero-order valence-electron chi connectivity index (χ0n) is 14.4. The third-order valence-corrected chi connectivity index (χ3v) is 4.28. The first kappa shape index (κ1) is 18.6. The summed E-state index contributed by atoms with van der Waals surface area (Å²) < 4.78 is 0. The molecule has 138 valence electrons. The molecule has 0 radical (unpaired) electrons. The van der Waals surface area contributed by atoms with Gasteiger partial charge in [0.2, 0.25) is 11.9 Å². The minimum atomic E-state index is -0.380. The van der Waals surface area contributed by atoms with Gasteiger partial charge < -0.3 is 15.5 Å². The summed E-state index contributed by atoms with van der Waals surface area (Å²) in [6.07, 6.45) is 3.62. The summed E-state index contributed by atoms with van der Waals surface area (Å²) in [6.45, 7) is 1.18. The summed E-state index contributed by atoms with van der Waals surface area (Å²) in [5, 5.41) is 14.8. The number of nitriles is 1. The Morgan fingerprint density at radius 1 is 1.26 bits per heavy atom. The normalized spacial score (nSPS) is 15.9. The maximum Gasteiger partial charge on any atom is 0.253 e. The van der Waals surface area contributed by atoms with E-state index in [0.717, 1.165) is 6.42 Å². The number of aromatic nitrogens is 2. The number of hydrogen-bond acceptors (Lipinski definition) is 6. The molecule has 27 heavy (non-hydrogen) atoms. The highest BCUT2D eigenvalue weighted by Gasteiger charge is 2.27. The van der Waals surface area contributed by atoms with Crippen molar-refractivity contribution >= 4 is 35.1 Å². The lowest BCUT2D eigenvalue weighted by Crippen LogP contribution is -2.31. The smallest absolute Gasteiger partial charge is 0.253 e. The molecule has 1 aromatic carbocycles. The highest BCUT2D eigenvalue weighted by molar-refractivity contribution is 6.30. The summed E-state index contributed by atoms with van der Waals surface area (Å²) in [5.74, 6) is 0.0249. The Morgan fingerprint density at radius 2 is 1.96 bits per heavy atom. The molecule has 1 atom stereocenters. The number of halogens is 1. The molecule has 2 aromatic rings. The maximum atomic E-state index is 12.6. The summed E-state index contributed by atoms with van der Waals surface area (Å²) in [5.41, 5.74) is 1.09. The SMILES string of the molecule is N#CCC(=O)Nc1ccc(C(=O)N2CCC(Nc3ncc(Cl)cn3)C2)cc1. The molecule has 0 spiro atoms. The molecule has 1 fully saturated rings. The van der Waals surface area contributed by atoms with Gasteiger partial charge in [-0.3, -0.25) is 9.59 Å². The van der Waals surface area contributed by atoms with Gasteiger partial charge in [-0.15, -0.1) is 0 Å². The first-order valence-electron chi connectivity index (χ1n) is 8.35. The molecule has 1 saturated heterocycles. The van der Waals surface area contributed by atoms with Crippen LogP contribution in [-0.2, 0) is 4.79 Å². The van der Waals surface area contributed by atoms with Crippen LogP contribution in [0.15, 0.2) is 36.7 Å². The van der Waals surface area contributed by atoms with Crippen molar-refractivity contribution in [1.82, 2.24) is 14.9 Å². The minimum absolute atomic E-state index is 0.0691. The number of rotatable bonds is 5. The van der Waals surface area contributed by atoms with E-state index in [9.17, 15) is 9.59 Å². The van der Waals surface area contributed by atoms with Crippen molar-refractivity contribution in [3.8, 4) is 6.07 Å². The van der Waals surface area contributed by atoms with Crippen LogP contribution in [0.1, 0.15) is 23.2 Å². The van der Waals surface area contributed by atoms with Crippen LogP contribution in [0.3, 0.4) is 0 Å². The fourth-order valence-corrected chi connectivity index (χ4v) is 2.89. The monoisotopic (exact) mass is 384 g/mol. The average molecular weight is 385 g/mol. The number of amides is 2. The fourth-order valence-electron chi connectivity index (χ4n) is 2.79. The van der Waals surface area contributed by atoms with Crippen molar-refractivity contribution in [2.45, 2.75) is 18.9 Å². The summed E-state index contributed by atoms with van der Waals surface area (Å²) >= 11 is 5.77. The Kier molecular flexibility index (Phi) is 5.84. The Morgan fingerprint density at radius 3 is 2.63 bits per heavy atom. The van der Waals surface area contributed by atoms with Gasteiger partial charge in [0.25, 0.3) is 5.91 Å². The van der Waals surface area contributed by atoms with E-state index in [0.29, 0.717) is 35.3 Å². The Bertz CT molecular complexity index is 863.